The van der Waals surface area contributed by atoms with Crippen LogP contribution in [0.4, 0.5) is 5.82 Å². The van der Waals surface area contributed by atoms with E-state index in [4.69, 9.17) is 0 Å². The van der Waals surface area contributed by atoms with Gasteiger partial charge in [0.25, 0.3) is 0 Å². The highest BCUT2D eigenvalue weighted by Gasteiger charge is 2.33. The number of likely N-dealkylation sites (N-methyl/N-ethyl adjacent to an activating group) is 1. The summed E-state index contributed by atoms with van der Waals surface area (Å²) in [6, 6.07) is 2.68. The zero-order valence-corrected chi connectivity index (χ0v) is 15.3. The number of nitrogens with zero attached hydrogens (tertiary/aromatic N) is 5. The van der Waals surface area contributed by atoms with Crippen LogP contribution in [0, 0.1) is 5.92 Å². The van der Waals surface area contributed by atoms with E-state index in [2.05, 4.69) is 61.2 Å². The number of hydrogen-bond acceptors (Lipinski definition) is 6. The first-order chi connectivity index (χ1) is 11.7. The molecule has 0 atom stereocenters. The maximum Gasteiger partial charge on any atom is 0.142 e. The SMILES string of the molecule is CN1CCN(SC[C@H]2C[C@@H](N(C)c3ncnc4[nH]ccc34)C2)CC1. The summed E-state index contributed by atoms with van der Waals surface area (Å²) in [5, 5.41) is 1.12. The molecular weight excluding hydrogens is 320 g/mol. The molecule has 1 saturated heterocycles. The number of H-pyrrole nitrogens is 1. The molecule has 2 fully saturated rings. The lowest BCUT2D eigenvalue weighted by molar-refractivity contribution is 0.231. The van der Waals surface area contributed by atoms with E-state index in [1.54, 1.807) is 6.33 Å². The fourth-order valence-corrected chi connectivity index (χ4v) is 4.71. The first kappa shape index (κ1) is 16.2. The van der Waals surface area contributed by atoms with E-state index in [-0.39, 0.29) is 0 Å². The van der Waals surface area contributed by atoms with Crippen molar-refractivity contribution in [3.8, 4) is 0 Å². The van der Waals surface area contributed by atoms with Crippen LogP contribution in [0.25, 0.3) is 11.0 Å². The molecule has 1 saturated carbocycles. The Labute approximate surface area is 147 Å². The zero-order chi connectivity index (χ0) is 16.5. The third-order valence-electron chi connectivity index (χ3n) is 5.38. The van der Waals surface area contributed by atoms with Crippen molar-refractivity contribution in [3.63, 3.8) is 0 Å². The minimum atomic E-state index is 0.607. The molecule has 0 bridgehead atoms. The maximum atomic E-state index is 4.51. The molecule has 130 valence electrons. The minimum Gasteiger partial charge on any atom is -0.356 e. The van der Waals surface area contributed by atoms with Crippen LogP contribution in [0.15, 0.2) is 18.6 Å². The molecule has 6 nitrogen and oxygen atoms in total. The van der Waals surface area contributed by atoms with Crippen LogP contribution in [0.1, 0.15) is 12.8 Å². The van der Waals surface area contributed by atoms with E-state index in [9.17, 15) is 0 Å². The number of anilines is 1. The zero-order valence-electron chi connectivity index (χ0n) is 14.5. The molecule has 2 aromatic rings. The number of rotatable bonds is 5. The Kier molecular flexibility index (Phi) is 4.65. The smallest absolute Gasteiger partial charge is 0.142 e. The predicted octanol–water partition coefficient (Wildman–Crippen LogP) is 2.07. The molecule has 0 amide bonds. The number of piperazine rings is 1. The Balaban J connectivity index is 1.27. The molecule has 2 aromatic heterocycles. The van der Waals surface area contributed by atoms with Crippen molar-refractivity contribution >= 4 is 28.8 Å². The Bertz CT molecular complexity index is 675. The monoisotopic (exact) mass is 346 g/mol. The van der Waals surface area contributed by atoms with Crippen LogP contribution in [0.3, 0.4) is 0 Å². The van der Waals surface area contributed by atoms with Crippen molar-refractivity contribution in [2.45, 2.75) is 18.9 Å². The Hall–Kier alpha value is -1.31. The second kappa shape index (κ2) is 6.90. The lowest BCUT2D eigenvalue weighted by atomic mass is 9.81. The molecule has 1 aliphatic carbocycles. The number of hydrogen-bond donors (Lipinski definition) is 1. The van der Waals surface area contributed by atoms with Crippen molar-refractivity contribution in [1.82, 2.24) is 24.2 Å². The van der Waals surface area contributed by atoms with E-state index in [0.717, 1.165) is 22.8 Å². The van der Waals surface area contributed by atoms with Gasteiger partial charge in [-0.2, -0.15) is 0 Å². The quantitative estimate of drug-likeness (QED) is 0.837. The van der Waals surface area contributed by atoms with Crippen molar-refractivity contribution in [1.29, 1.82) is 0 Å². The molecule has 1 aliphatic heterocycles. The average molecular weight is 347 g/mol. The van der Waals surface area contributed by atoms with Gasteiger partial charge in [0.05, 0.1) is 5.39 Å². The third-order valence-corrected chi connectivity index (χ3v) is 6.73. The lowest BCUT2D eigenvalue weighted by Gasteiger charge is -2.42. The second-order valence-electron chi connectivity index (χ2n) is 7.07. The summed E-state index contributed by atoms with van der Waals surface area (Å²) >= 11 is 2.05. The van der Waals surface area contributed by atoms with Crippen LogP contribution < -0.4 is 4.90 Å². The van der Waals surface area contributed by atoms with Crippen LogP contribution in [0.2, 0.25) is 0 Å². The summed E-state index contributed by atoms with van der Waals surface area (Å²) in [6.07, 6.45) is 6.14. The van der Waals surface area contributed by atoms with E-state index in [1.165, 1.54) is 44.8 Å². The van der Waals surface area contributed by atoms with Gasteiger partial charge in [-0.05, 0) is 31.9 Å². The molecule has 0 aromatic carbocycles. The fourth-order valence-electron chi connectivity index (χ4n) is 3.59. The van der Waals surface area contributed by atoms with Crippen molar-refractivity contribution in [3.05, 3.63) is 18.6 Å². The third kappa shape index (κ3) is 3.25. The summed E-state index contributed by atoms with van der Waals surface area (Å²) in [6.45, 7) is 4.79. The summed E-state index contributed by atoms with van der Waals surface area (Å²) in [4.78, 5) is 16.7. The van der Waals surface area contributed by atoms with Gasteiger partial charge in [0, 0.05) is 51.2 Å². The Morgan fingerprint density at radius 1 is 1.25 bits per heavy atom. The van der Waals surface area contributed by atoms with E-state index in [0.29, 0.717) is 6.04 Å². The second-order valence-corrected chi connectivity index (χ2v) is 8.18. The fraction of sp³-hybridized carbons (Fsp3) is 0.647. The molecule has 0 radical (unpaired) electrons. The number of aromatic nitrogens is 3. The highest BCUT2D eigenvalue weighted by molar-refractivity contribution is 7.97. The molecule has 24 heavy (non-hydrogen) atoms. The van der Waals surface area contributed by atoms with E-state index >= 15 is 0 Å². The lowest BCUT2D eigenvalue weighted by Crippen LogP contribution is -2.45. The van der Waals surface area contributed by atoms with Crippen LogP contribution in [-0.2, 0) is 0 Å². The van der Waals surface area contributed by atoms with Gasteiger partial charge in [0.1, 0.15) is 17.8 Å². The topological polar surface area (TPSA) is 51.3 Å². The van der Waals surface area contributed by atoms with Crippen molar-refractivity contribution in [2.24, 2.45) is 5.92 Å². The van der Waals surface area contributed by atoms with Gasteiger partial charge in [-0.3, -0.25) is 0 Å². The van der Waals surface area contributed by atoms with Crippen molar-refractivity contribution in [2.75, 3.05) is 50.9 Å². The standard InChI is InChI=1S/C17H26N6S/c1-21-5-7-23(8-6-21)24-11-13-9-14(10-13)22(2)17-15-3-4-18-16(15)19-12-20-17/h3-4,12-14H,5-11H2,1-2H3,(H,18,19,20)/t13-,14+. The minimum absolute atomic E-state index is 0.607. The molecule has 7 heteroatoms. The highest BCUT2D eigenvalue weighted by atomic mass is 32.2. The first-order valence-corrected chi connectivity index (χ1v) is 9.72. The van der Waals surface area contributed by atoms with E-state index in [1.807, 2.05) is 6.20 Å². The van der Waals surface area contributed by atoms with Crippen LogP contribution in [0.5, 0.6) is 0 Å². The molecule has 0 unspecified atom stereocenters. The van der Waals surface area contributed by atoms with Gasteiger partial charge in [0.15, 0.2) is 0 Å². The summed E-state index contributed by atoms with van der Waals surface area (Å²) in [5.74, 6) is 3.15. The van der Waals surface area contributed by atoms with Gasteiger partial charge in [-0.1, -0.05) is 11.9 Å². The van der Waals surface area contributed by atoms with Gasteiger partial charge in [-0.15, -0.1) is 0 Å². The summed E-state index contributed by atoms with van der Waals surface area (Å²) in [7, 11) is 4.38. The van der Waals surface area contributed by atoms with Gasteiger partial charge in [-0.25, -0.2) is 14.3 Å². The molecule has 0 spiro atoms. The Morgan fingerprint density at radius 3 is 2.83 bits per heavy atom. The van der Waals surface area contributed by atoms with E-state index < -0.39 is 0 Å². The van der Waals surface area contributed by atoms with Gasteiger partial charge >= 0.3 is 0 Å². The summed E-state index contributed by atoms with van der Waals surface area (Å²) < 4.78 is 2.55. The number of nitrogens with one attached hydrogen (secondary N) is 1. The molecule has 4 rings (SSSR count). The van der Waals surface area contributed by atoms with Gasteiger partial charge in [0.2, 0.25) is 0 Å². The normalized spacial score (nSPS) is 25.8. The Morgan fingerprint density at radius 2 is 2.04 bits per heavy atom. The van der Waals surface area contributed by atoms with Crippen LogP contribution >= 0.6 is 11.9 Å². The number of fused-ring (bicyclic) bond motifs is 1. The van der Waals surface area contributed by atoms with Gasteiger partial charge < -0.3 is 14.8 Å². The number of aromatic amines is 1. The average Bonchev–Trinajstić information content (AvgIpc) is 3.03. The molecule has 2 aliphatic rings. The molecular formula is C17H26N6S. The molecule has 3 heterocycles. The largest absolute Gasteiger partial charge is 0.356 e. The first-order valence-electron chi connectivity index (χ1n) is 8.78. The summed E-state index contributed by atoms with van der Waals surface area (Å²) in [5.41, 5.74) is 0.924. The maximum absolute atomic E-state index is 4.51. The van der Waals surface area contributed by atoms with Crippen LogP contribution in [-0.4, -0.2) is 76.2 Å². The molecule has 1 N–H and O–H groups in total. The van der Waals surface area contributed by atoms with Crippen molar-refractivity contribution < 1.29 is 0 Å². The predicted molar refractivity (Wildman–Crippen MR) is 100 cm³/mol. The highest BCUT2D eigenvalue weighted by Crippen LogP contribution is 2.37.